The minimum absolute atomic E-state index is 0.0849. The minimum Gasteiger partial charge on any atom is -0.490 e. The molecule has 3 amide bonds. The van der Waals surface area contributed by atoms with Gasteiger partial charge in [0, 0.05) is 20.1 Å². The first kappa shape index (κ1) is 21.5. The summed E-state index contributed by atoms with van der Waals surface area (Å²) in [6.45, 7) is 1.96. The molecule has 0 radical (unpaired) electrons. The zero-order valence-electron chi connectivity index (χ0n) is 16.0. The number of carbonyl (C=O) groups excluding carboxylic acids is 3. The van der Waals surface area contributed by atoms with Crippen molar-refractivity contribution < 1.29 is 23.9 Å². The highest BCUT2D eigenvalue weighted by Gasteiger charge is 2.26. The summed E-state index contributed by atoms with van der Waals surface area (Å²) in [4.78, 5) is 36.3. The number of benzene rings is 1. The van der Waals surface area contributed by atoms with Crippen LogP contribution in [0.1, 0.15) is 25.3 Å². The largest absolute Gasteiger partial charge is 0.490 e. The maximum absolute atomic E-state index is 11.7. The van der Waals surface area contributed by atoms with Gasteiger partial charge in [0.05, 0.1) is 17.8 Å². The number of halogens is 1. The van der Waals surface area contributed by atoms with E-state index in [9.17, 15) is 14.4 Å². The molecule has 1 aliphatic carbocycles. The smallest absolute Gasteiger partial charge is 0.329 e. The molecule has 28 heavy (non-hydrogen) atoms. The fourth-order valence-electron chi connectivity index (χ4n) is 2.02. The third kappa shape index (κ3) is 6.41. The van der Waals surface area contributed by atoms with Gasteiger partial charge in [-0.05, 0) is 37.5 Å². The molecule has 2 rings (SSSR count). The minimum atomic E-state index is -0.846. The lowest BCUT2D eigenvalue weighted by atomic mass is 10.2. The molecule has 1 fully saturated rings. The fourth-order valence-corrected chi connectivity index (χ4v) is 2.30. The third-order valence-corrected chi connectivity index (χ3v) is 3.95. The number of likely N-dealkylation sites (N-methyl/N-ethyl adjacent to an activating group) is 1. The molecule has 0 heterocycles. The lowest BCUT2D eigenvalue weighted by molar-refractivity contribution is -0.139. The summed E-state index contributed by atoms with van der Waals surface area (Å²) in [5, 5.41) is 6.54. The van der Waals surface area contributed by atoms with E-state index in [1.807, 2.05) is 0 Å². The van der Waals surface area contributed by atoms with Crippen LogP contribution in [0.2, 0.25) is 5.02 Å². The van der Waals surface area contributed by atoms with Gasteiger partial charge >= 0.3 is 11.8 Å². The van der Waals surface area contributed by atoms with Crippen LogP contribution >= 0.6 is 11.6 Å². The van der Waals surface area contributed by atoms with Gasteiger partial charge in [-0.15, -0.1) is 0 Å². The molecule has 0 saturated heterocycles. The summed E-state index contributed by atoms with van der Waals surface area (Å²) in [7, 11) is 3.24. The number of hydrazone groups is 1. The van der Waals surface area contributed by atoms with Gasteiger partial charge in [0.25, 0.3) is 5.91 Å². The summed E-state index contributed by atoms with van der Waals surface area (Å²) < 4.78 is 11.0. The molecular formula is C18H23ClN4O5. The molecule has 0 aliphatic heterocycles. The lowest BCUT2D eigenvalue weighted by Gasteiger charge is -2.16. The second-order valence-electron chi connectivity index (χ2n) is 6.29. The topological polar surface area (TPSA) is 109 Å². The maximum Gasteiger partial charge on any atom is 0.329 e. The summed E-state index contributed by atoms with van der Waals surface area (Å²) in [5.41, 5.74) is 2.67. The number of carbonyl (C=O) groups is 3. The van der Waals surface area contributed by atoms with Crippen LogP contribution in [0, 0.1) is 0 Å². The number of hydrogen-bond acceptors (Lipinski definition) is 6. The molecule has 0 spiro atoms. The van der Waals surface area contributed by atoms with Crippen LogP contribution in [0.25, 0.3) is 0 Å². The van der Waals surface area contributed by atoms with Crippen molar-refractivity contribution in [3.8, 4) is 11.5 Å². The van der Waals surface area contributed by atoms with Crippen molar-refractivity contribution >= 4 is 35.5 Å². The Balaban J connectivity index is 2.04. The Morgan fingerprint density at radius 2 is 1.96 bits per heavy atom. The molecule has 1 saturated carbocycles. The SMILES string of the molecule is CCOc1cc(/C=N\NC(=O)C(=O)NC2CC2)cc(Cl)c1OCC(=O)N(C)C. The number of rotatable bonds is 8. The van der Waals surface area contributed by atoms with Gasteiger partial charge in [0.15, 0.2) is 18.1 Å². The number of hydrogen-bond donors (Lipinski definition) is 2. The molecule has 0 aromatic heterocycles. The zero-order chi connectivity index (χ0) is 20.7. The predicted molar refractivity (Wildman–Crippen MR) is 104 cm³/mol. The van der Waals surface area contributed by atoms with E-state index < -0.39 is 11.8 Å². The highest BCUT2D eigenvalue weighted by Crippen LogP contribution is 2.36. The maximum atomic E-state index is 11.7. The van der Waals surface area contributed by atoms with Crippen molar-refractivity contribution in [1.82, 2.24) is 15.6 Å². The van der Waals surface area contributed by atoms with Gasteiger partial charge in [0.1, 0.15) is 0 Å². The van der Waals surface area contributed by atoms with Crippen LogP contribution in [0.5, 0.6) is 11.5 Å². The Morgan fingerprint density at radius 1 is 1.25 bits per heavy atom. The van der Waals surface area contributed by atoms with Crippen molar-refractivity contribution in [3.05, 3.63) is 22.7 Å². The Hall–Kier alpha value is -2.81. The van der Waals surface area contributed by atoms with Gasteiger partial charge in [0.2, 0.25) is 0 Å². The molecule has 2 N–H and O–H groups in total. The van der Waals surface area contributed by atoms with E-state index in [2.05, 4.69) is 15.8 Å². The predicted octanol–water partition coefficient (Wildman–Crippen LogP) is 0.934. The lowest BCUT2D eigenvalue weighted by Crippen LogP contribution is -2.38. The first-order valence-corrected chi connectivity index (χ1v) is 9.12. The zero-order valence-corrected chi connectivity index (χ0v) is 16.7. The molecule has 152 valence electrons. The molecule has 0 bridgehead atoms. The Bertz CT molecular complexity index is 777. The van der Waals surface area contributed by atoms with E-state index >= 15 is 0 Å². The van der Waals surface area contributed by atoms with E-state index in [0.29, 0.717) is 17.9 Å². The molecule has 10 heteroatoms. The van der Waals surface area contributed by atoms with Crippen molar-refractivity contribution in [2.45, 2.75) is 25.8 Å². The summed E-state index contributed by atoms with van der Waals surface area (Å²) >= 11 is 6.25. The second-order valence-corrected chi connectivity index (χ2v) is 6.69. The van der Waals surface area contributed by atoms with E-state index in [1.165, 1.54) is 11.1 Å². The van der Waals surface area contributed by atoms with Crippen molar-refractivity contribution in [2.24, 2.45) is 5.10 Å². The number of nitrogens with zero attached hydrogens (tertiary/aromatic N) is 2. The van der Waals surface area contributed by atoms with Gasteiger partial charge in [-0.2, -0.15) is 5.10 Å². The summed E-state index contributed by atoms with van der Waals surface area (Å²) in [5.74, 6) is -1.22. The molecule has 9 nitrogen and oxygen atoms in total. The Morgan fingerprint density at radius 3 is 2.57 bits per heavy atom. The third-order valence-electron chi connectivity index (χ3n) is 3.67. The van der Waals surface area contributed by atoms with Crippen molar-refractivity contribution in [1.29, 1.82) is 0 Å². The van der Waals surface area contributed by atoms with E-state index in [1.54, 1.807) is 33.2 Å². The van der Waals surface area contributed by atoms with Crippen LogP contribution in [-0.2, 0) is 14.4 Å². The number of nitrogens with one attached hydrogen (secondary N) is 2. The first-order valence-electron chi connectivity index (χ1n) is 8.75. The Labute approximate surface area is 168 Å². The number of ether oxygens (including phenoxy) is 2. The standard InChI is InChI=1S/C18H23ClN4O5/c1-4-27-14-8-11(7-13(19)16(14)28-10-15(24)23(2)3)9-20-22-18(26)17(25)21-12-5-6-12/h7-9,12H,4-6,10H2,1-3H3,(H,21,25)(H,22,26)/b20-9-. The average Bonchev–Trinajstić information content (AvgIpc) is 3.44. The van der Waals surface area contributed by atoms with E-state index in [0.717, 1.165) is 12.8 Å². The van der Waals surface area contributed by atoms with Crippen LogP contribution < -0.4 is 20.2 Å². The molecule has 1 aromatic rings. The van der Waals surface area contributed by atoms with Gasteiger partial charge in [-0.3, -0.25) is 14.4 Å². The van der Waals surface area contributed by atoms with Crippen LogP contribution in [-0.4, -0.2) is 62.2 Å². The average molecular weight is 411 g/mol. The summed E-state index contributed by atoms with van der Waals surface area (Å²) in [6.07, 6.45) is 3.09. The van der Waals surface area contributed by atoms with Crippen LogP contribution in [0.3, 0.4) is 0 Å². The molecule has 0 atom stereocenters. The van der Waals surface area contributed by atoms with E-state index in [-0.39, 0.29) is 29.3 Å². The first-order chi connectivity index (χ1) is 13.3. The highest BCUT2D eigenvalue weighted by atomic mass is 35.5. The monoisotopic (exact) mass is 410 g/mol. The van der Waals surface area contributed by atoms with Gasteiger partial charge in [-0.1, -0.05) is 11.6 Å². The van der Waals surface area contributed by atoms with Crippen LogP contribution in [0.4, 0.5) is 0 Å². The molecule has 1 aliphatic rings. The van der Waals surface area contributed by atoms with E-state index in [4.69, 9.17) is 21.1 Å². The van der Waals surface area contributed by atoms with Crippen LogP contribution in [0.15, 0.2) is 17.2 Å². The van der Waals surface area contributed by atoms with Gasteiger partial charge < -0.3 is 19.7 Å². The molecule has 0 unspecified atom stereocenters. The molecule has 1 aromatic carbocycles. The van der Waals surface area contributed by atoms with Gasteiger partial charge in [-0.25, -0.2) is 5.43 Å². The fraction of sp³-hybridized carbons (Fsp3) is 0.444. The summed E-state index contributed by atoms with van der Waals surface area (Å²) in [6, 6.07) is 3.23. The molecular weight excluding hydrogens is 388 g/mol. The van der Waals surface area contributed by atoms with Crippen molar-refractivity contribution in [3.63, 3.8) is 0 Å². The quantitative estimate of drug-likeness (QED) is 0.376. The number of amides is 3. The normalized spacial score (nSPS) is 13.1. The van der Waals surface area contributed by atoms with Crippen molar-refractivity contribution in [2.75, 3.05) is 27.3 Å². The highest BCUT2D eigenvalue weighted by molar-refractivity contribution is 6.35. The second kappa shape index (κ2) is 9.93. The Kier molecular flexibility index (Phi) is 7.62.